The number of halogens is 1. The van der Waals surface area contributed by atoms with Crippen LogP contribution in [0.5, 0.6) is 0 Å². The van der Waals surface area contributed by atoms with Crippen LogP contribution in [0.3, 0.4) is 0 Å². The zero-order valence-electron chi connectivity index (χ0n) is 11.3. The molecule has 0 N–H and O–H groups in total. The lowest BCUT2D eigenvalue weighted by atomic mass is 9.95. The standard InChI is InChI=1S/C16H18BrNOS/c17-8-7-12-4-3-9-18(10-12)16(19)14-11-20-15-6-2-1-5-13(14)15/h1-2,5-6,11-12H,3-4,7-10H2. The van der Waals surface area contributed by atoms with Gasteiger partial charge in [0.25, 0.3) is 5.91 Å². The topological polar surface area (TPSA) is 20.3 Å². The first kappa shape index (κ1) is 14.1. The molecule has 1 atom stereocenters. The molecule has 4 heteroatoms. The number of thiophene rings is 1. The maximum Gasteiger partial charge on any atom is 0.255 e. The van der Waals surface area contributed by atoms with Gasteiger partial charge < -0.3 is 4.90 Å². The van der Waals surface area contributed by atoms with E-state index in [0.717, 1.165) is 42.2 Å². The van der Waals surface area contributed by atoms with E-state index in [1.54, 1.807) is 11.3 Å². The summed E-state index contributed by atoms with van der Waals surface area (Å²) in [7, 11) is 0. The van der Waals surface area contributed by atoms with Crippen molar-refractivity contribution in [1.82, 2.24) is 4.90 Å². The third-order valence-corrected chi connectivity index (χ3v) is 5.46. The fourth-order valence-electron chi connectivity index (χ4n) is 2.95. The highest BCUT2D eigenvalue weighted by Gasteiger charge is 2.25. The molecule has 2 nitrogen and oxygen atoms in total. The molecule has 1 saturated heterocycles. The lowest BCUT2D eigenvalue weighted by Crippen LogP contribution is -2.39. The number of carbonyl (C=O) groups excluding carboxylic acids is 1. The Morgan fingerprint density at radius 1 is 1.40 bits per heavy atom. The van der Waals surface area contributed by atoms with Crippen LogP contribution >= 0.6 is 27.3 Å². The van der Waals surface area contributed by atoms with Crippen molar-refractivity contribution >= 4 is 43.3 Å². The first-order chi connectivity index (χ1) is 9.79. The molecule has 1 amide bonds. The Morgan fingerprint density at radius 2 is 2.25 bits per heavy atom. The van der Waals surface area contributed by atoms with Gasteiger partial charge in [-0.3, -0.25) is 4.79 Å². The van der Waals surface area contributed by atoms with E-state index < -0.39 is 0 Å². The Labute approximate surface area is 131 Å². The molecule has 2 aromatic rings. The fourth-order valence-corrected chi connectivity index (χ4v) is 4.54. The number of piperidine rings is 1. The molecule has 0 aliphatic carbocycles. The van der Waals surface area contributed by atoms with E-state index in [1.165, 1.54) is 11.1 Å². The predicted molar refractivity (Wildman–Crippen MR) is 88.9 cm³/mol. The van der Waals surface area contributed by atoms with Crippen LogP contribution in [0.1, 0.15) is 29.6 Å². The number of alkyl halides is 1. The predicted octanol–water partition coefficient (Wildman–Crippen LogP) is 4.54. The number of hydrogen-bond acceptors (Lipinski definition) is 2. The third-order valence-electron chi connectivity index (χ3n) is 4.03. The quantitative estimate of drug-likeness (QED) is 0.743. The van der Waals surface area contributed by atoms with Crippen LogP contribution in [0.4, 0.5) is 0 Å². The van der Waals surface area contributed by atoms with E-state index in [1.807, 2.05) is 22.4 Å². The minimum atomic E-state index is 0.210. The summed E-state index contributed by atoms with van der Waals surface area (Å²) in [5.74, 6) is 0.860. The zero-order valence-corrected chi connectivity index (χ0v) is 13.8. The molecule has 0 radical (unpaired) electrons. The van der Waals surface area contributed by atoms with Gasteiger partial charge in [0.15, 0.2) is 0 Å². The summed E-state index contributed by atoms with van der Waals surface area (Å²) < 4.78 is 1.20. The van der Waals surface area contributed by atoms with Gasteiger partial charge in [0.05, 0.1) is 5.56 Å². The van der Waals surface area contributed by atoms with Gasteiger partial charge >= 0.3 is 0 Å². The second-order valence-corrected chi connectivity index (χ2v) is 7.09. The van der Waals surface area contributed by atoms with Crippen molar-refractivity contribution in [2.75, 3.05) is 18.4 Å². The van der Waals surface area contributed by atoms with Crippen molar-refractivity contribution in [3.05, 3.63) is 35.2 Å². The van der Waals surface area contributed by atoms with Crippen LogP contribution in [0.15, 0.2) is 29.6 Å². The van der Waals surface area contributed by atoms with E-state index in [-0.39, 0.29) is 5.91 Å². The Kier molecular flexibility index (Phi) is 4.41. The van der Waals surface area contributed by atoms with E-state index in [9.17, 15) is 4.79 Å². The Bertz CT molecular complexity index is 607. The Hall–Kier alpha value is -0.870. The fraction of sp³-hybridized carbons (Fsp3) is 0.438. The van der Waals surface area contributed by atoms with Gasteiger partial charge in [0.2, 0.25) is 0 Å². The molecule has 1 aliphatic rings. The van der Waals surface area contributed by atoms with Gasteiger partial charge in [-0.25, -0.2) is 0 Å². The van der Waals surface area contributed by atoms with Crippen LogP contribution in [-0.2, 0) is 0 Å². The highest BCUT2D eigenvalue weighted by Crippen LogP contribution is 2.28. The molecular weight excluding hydrogens is 334 g/mol. The molecule has 2 heterocycles. The van der Waals surface area contributed by atoms with Crippen molar-refractivity contribution in [2.45, 2.75) is 19.3 Å². The first-order valence-corrected chi connectivity index (χ1v) is 9.11. The van der Waals surface area contributed by atoms with E-state index in [4.69, 9.17) is 0 Å². The summed E-state index contributed by atoms with van der Waals surface area (Å²) in [6.07, 6.45) is 3.54. The highest BCUT2D eigenvalue weighted by atomic mass is 79.9. The number of nitrogens with zero attached hydrogens (tertiary/aromatic N) is 1. The van der Waals surface area contributed by atoms with Crippen molar-refractivity contribution < 1.29 is 4.79 Å². The number of rotatable bonds is 3. The molecule has 1 aromatic carbocycles. The minimum Gasteiger partial charge on any atom is -0.338 e. The van der Waals surface area contributed by atoms with Gasteiger partial charge in [-0.15, -0.1) is 11.3 Å². The van der Waals surface area contributed by atoms with Crippen molar-refractivity contribution in [3.63, 3.8) is 0 Å². The van der Waals surface area contributed by atoms with Crippen molar-refractivity contribution in [2.24, 2.45) is 5.92 Å². The molecule has 1 unspecified atom stereocenters. The third kappa shape index (κ3) is 2.77. The van der Waals surface area contributed by atoms with Crippen LogP contribution < -0.4 is 0 Å². The summed E-state index contributed by atoms with van der Waals surface area (Å²) in [6, 6.07) is 8.18. The number of fused-ring (bicyclic) bond motifs is 1. The summed E-state index contributed by atoms with van der Waals surface area (Å²) in [4.78, 5) is 14.8. The summed E-state index contributed by atoms with van der Waals surface area (Å²) in [5.41, 5.74) is 0.880. The Balaban J connectivity index is 1.81. The summed E-state index contributed by atoms with van der Waals surface area (Å²) >= 11 is 5.17. The van der Waals surface area contributed by atoms with Gasteiger partial charge in [0, 0.05) is 33.9 Å². The lowest BCUT2D eigenvalue weighted by Gasteiger charge is -2.32. The summed E-state index contributed by atoms with van der Waals surface area (Å²) in [6.45, 7) is 1.82. The number of hydrogen-bond donors (Lipinski definition) is 0. The first-order valence-electron chi connectivity index (χ1n) is 7.11. The van der Waals surface area contributed by atoms with Crippen molar-refractivity contribution in [3.8, 4) is 0 Å². The second kappa shape index (κ2) is 6.27. The zero-order chi connectivity index (χ0) is 13.9. The van der Waals surface area contributed by atoms with Gasteiger partial charge in [0.1, 0.15) is 0 Å². The average molecular weight is 352 g/mol. The second-order valence-electron chi connectivity index (χ2n) is 5.38. The molecule has 1 aromatic heterocycles. The van der Waals surface area contributed by atoms with Gasteiger partial charge in [-0.2, -0.15) is 0 Å². The van der Waals surface area contributed by atoms with Crippen LogP contribution in [0.25, 0.3) is 10.1 Å². The average Bonchev–Trinajstić information content (AvgIpc) is 2.91. The van der Waals surface area contributed by atoms with E-state index in [2.05, 4.69) is 28.1 Å². The molecule has 1 aliphatic heterocycles. The number of benzene rings is 1. The molecule has 3 rings (SSSR count). The molecule has 106 valence electrons. The minimum absolute atomic E-state index is 0.210. The Morgan fingerprint density at radius 3 is 3.10 bits per heavy atom. The highest BCUT2D eigenvalue weighted by molar-refractivity contribution is 9.09. The van der Waals surface area contributed by atoms with Crippen molar-refractivity contribution in [1.29, 1.82) is 0 Å². The monoisotopic (exact) mass is 351 g/mol. The van der Waals surface area contributed by atoms with Crippen LogP contribution in [0, 0.1) is 5.92 Å². The van der Waals surface area contributed by atoms with E-state index >= 15 is 0 Å². The van der Waals surface area contributed by atoms with E-state index in [0.29, 0.717) is 5.92 Å². The van der Waals surface area contributed by atoms with Crippen LogP contribution in [-0.4, -0.2) is 29.2 Å². The molecule has 1 fully saturated rings. The number of likely N-dealkylation sites (tertiary alicyclic amines) is 1. The SMILES string of the molecule is O=C(c1csc2ccccc12)N1CCCC(CCBr)C1. The van der Waals surface area contributed by atoms with Gasteiger partial charge in [-0.05, 0) is 31.2 Å². The maximum absolute atomic E-state index is 12.7. The molecule has 20 heavy (non-hydrogen) atoms. The smallest absolute Gasteiger partial charge is 0.255 e. The molecule has 0 saturated carbocycles. The molecular formula is C16H18BrNOS. The largest absolute Gasteiger partial charge is 0.338 e. The maximum atomic E-state index is 12.7. The van der Waals surface area contributed by atoms with Crippen LogP contribution in [0.2, 0.25) is 0 Å². The summed E-state index contributed by atoms with van der Waals surface area (Å²) in [5, 5.41) is 4.15. The lowest BCUT2D eigenvalue weighted by molar-refractivity contribution is 0.0674. The number of amides is 1. The number of carbonyl (C=O) groups is 1. The molecule has 0 spiro atoms. The normalized spacial score (nSPS) is 19.4. The molecule has 0 bridgehead atoms. The van der Waals surface area contributed by atoms with Gasteiger partial charge in [-0.1, -0.05) is 34.1 Å².